The van der Waals surface area contributed by atoms with Gasteiger partial charge in [0, 0.05) is 24.9 Å². The Bertz CT molecular complexity index is 1210. The molecule has 2 aromatic carbocycles. The summed E-state index contributed by atoms with van der Waals surface area (Å²) < 4.78 is 105. The first-order chi connectivity index (χ1) is 18.0. The first kappa shape index (κ1) is 28.8. The molecule has 2 aliphatic rings. The van der Waals surface area contributed by atoms with Gasteiger partial charge in [-0.05, 0) is 61.7 Å². The Morgan fingerprint density at radius 2 is 1.59 bits per heavy atom. The second-order valence-corrected chi connectivity index (χ2v) is 10.3. The van der Waals surface area contributed by atoms with E-state index in [1.807, 2.05) is 0 Å². The number of alkyl halides is 6. The zero-order chi connectivity index (χ0) is 28.9. The molecule has 39 heavy (non-hydrogen) atoms. The molecule has 5 nitrogen and oxygen atoms in total. The van der Waals surface area contributed by atoms with Crippen LogP contribution in [-0.2, 0) is 31.4 Å². The van der Waals surface area contributed by atoms with Crippen LogP contribution in [0.3, 0.4) is 0 Å². The number of benzene rings is 2. The van der Waals surface area contributed by atoms with E-state index in [-0.39, 0.29) is 36.9 Å². The first-order valence-electron chi connectivity index (χ1n) is 12.1. The van der Waals surface area contributed by atoms with Gasteiger partial charge in [-0.15, -0.1) is 0 Å². The Morgan fingerprint density at radius 3 is 2.10 bits per heavy atom. The highest BCUT2D eigenvalue weighted by atomic mass is 19.4. The summed E-state index contributed by atoms with van der Waals surface area (Å²) in [7, 11) is 1.20. The van der Waals surface area contributed by atoms with Crippen LogP contribution in [-0.4, -0.2) is 42.6 Å². The smallest absolute Gasteiger partial charge is 0.416 e. The molecular weight excluding hydrogens is 535 g/mol. The minimum atomic E-state index is -5.02. The maximum absolute atomic E-state index is 13.7. The third-order valence-corrected chi connectivity index (χ3v) is 7.50. The van der Waals surface area contributed by atoms with Crippen LogP contribution in [0.4, 0.5) is 30.7 Å². The number of amides is 1. The molecule has 2 heterocycles. The molecule has 2 fully saturated rings. The van der Waals surface area contributed by atoms with Crippen molar-refractivity contribution in [1.29, 1.82) is 0 Å². The molecule has 5 atom stereocenters. The van der Waals surface area contributed by atoms with Crippen molar-refractivity contribution in [3.05, 3.63) is 70.5 Å². The van der Waals surface area contributed by atoms with E-state index >= 15 is 0 Å². The first-order valence-corrected chi connectivity index (χ1v) is 12.1. The van der Waals surface area contributed by atoms with E-state index in [4.69, 9.17) is 9.47 Å². The van der Waals surface area contributed by atoms with Gasteiger partial charge in [-0.2, -0.15) is 26.3 Å². The quantitative estimate of drug-likeness (QED) is 0.319. The fourth-order valence-corrected chi connectivity index (χ4v) is 5.58. The lowest BCUT2D eigenvalue weighted by molar-refractivity contribution is -0.161. The maximum Gasteiger partial charge on any atom is 0.416 e. The normalized spacial score (nSPS) is 26.4. The summed E-state index contributed by atoms with van der Waals surface area (Å²) in [5.41, 5.74) is -3.89. The molecular formula is C27H26F7NO4. The zero-order valence-corrected chi connectivity index (χ0v) is 21.2. The predicted molar refractivity (Wildman–Crippen MR) is 124 cm³/mol. The number of piperidine rings is 1. The van der Waals surface area contributed by atoms with Crippen molar-refractivity contribution < 1.29 is 49.8 Å². The Labute approximate surface area is 219 Å². The van der Waals surface area contributed by atoms with Crippen LogP contribution in [0, 0.1) is 11.2 Å². The summed E-state index contributed by atoms with van der Waals surface area (Å²) in [6, 6.07) is 6.00. The van der Waals surface area contributed by atoms with Crippen LogP contribution in [0.5, 0.6) is 0 Å². The zero-order valence-electron chi connectivity index (χ0n) is 21.2. The van der Waals surface area contributed by atoms with E-state index in [9.17, 15) is 40.3 Å². The van der Waals surface area contributed by atoms with Crippen molar-refractivity contribution in [3.8, 4) is 0 Å². The lowest BCUT2D eigenvalue weighted by Gasteiger charge is -2.41. The third-order valence-electron chi connectivity index (χ3n) is 7.50. The summed E-state index contributed by atoms with van der Waals surface area (Å²) in [5, 5.41) is 0. The van der Waals surface area contributed by atoms with Crippen molar-refractivity contribution >= 4 is 11.9 Å². The van der Waals surface area contributed by atoms with Crippen LogP contribution >= 0.6 is 0 Å². The fourth-order valence-electron chi connectivity index (χ4n) is 5.58. The molecule has 2 aromatic rings. The summed E-state index contributed by atoms with van der Waals surface area (Å²) in [4.78, 5) is 27.1. The number of carbonyl (C=O) groups is 2. The van der Waals surface area contributed by atoms with Crippen molar-refractivity contribution in [2.24, 2.45) is 5.41 Å². The monoisotopic (exact) mass is 561 g/mol. The number of hydrogen-bond donors (Lipinski definition) is 0. The number of nitrogens with zero attached hydrogens (tertiary/aromatic N) is 1. The third kappa shape index (κ3) is 5.75. The molecule has 0 aromatic heterocycles. The van der Waals surface area contributed by atoms with E-state index in [1.165, 1.54) is 43.2 Å². The molecule has 0 bridgehead atoms. The van der Waals surface area contributed by atoms with Gasteiger partial charge in [-0.1, -0.05) is 12.1 Å². The van der Waals surface area contributed by atoms with Gasteiger partial charge in [0.15, 0.2) is 0 Å². The van der Waals surface area contributed by atoms with Crippen LogP contribution in [0.1, 0.15) is 61.0 Å². The Morgan fingerprint density at radius 1 is 1.03 bits per heavy atom. The molecule has 0 radical (unpaired) electrons. The number of rotatable bonds is 5. The molecule has 0 spiro atoms. The highest BCUT2D eigenvalue weighted by molar-refractivity contribution is 5.87. The predicted octanol–water partition coefficient (Wildman–Crippen LogP) is 6.28. The Balaban J connectivity index is 1.72. The second kappa shape index (κ2) is 10.1. The van der Waals surface area contributed by atoms with Gasteiger partial charge in [-0.3, -0.25) is 9.59 Å². The molecule has 2 aliphatic heterocycles. The summed E-state index contributed by atoms with van der Waals surface area (Å²) in [6.07, 6.45) is -12.1. The fraction of sp³-hybridized carbons (Fsp3) is 0.481. The van der Waals surface area contributed by atoms with Crippen LogP contribution < -0.4 is 0 Å². The molecule has 0 saturated carbocycles. The van der Waals surface area contributed by atoms with Crippen LogP contribution in [0.2, 0.25) is 0 Å². The molecule has 0 aliphatic carbocycles. The van der Waals surface area contributed by atoms with Gasteiger partial charge in [0.05, 0.1) is 35.9 Å². The largest absolute Gasteiger partial charge is 0.469 e. The van der Waals surface area contributed by atoms with Crippen molar-refractivity contribution in [2.45, 2.75) is 63.2 Å². The molecule has 2 unspecified atom stereocenters. The lowest BCUT2D eigenvalue weighted by Crippen LogP contribution is -2.50. The number of ether oxygens (including phenoxy) is 2. The number of carbonyl (C=O) groups excluding carboxylic acids is 2. The van der Waals surface area contributed by atoms with Crippen molar-refractivity contribution in [2.75, 3.05) is 13.7 Å². The lowest BCUT2D eigenvalue weighted by atomic mass is 9.73. The number of hydrogen-bond acceptors (Lipinski definition) is 4. The number of fused-ring (bicyclic) bond motifs is 1. The average molecular weight is 561 g/mol. The Hall–Kier alpha value is -3.15. The summed E-state index contributed by atoms with van der Waals surface area (Å²) in [6.45, 7) is 2.90. The van der Waals surface area contributed by atoms with Gasteiger partial charge < -0.3 is 14.4 Å². The second-order valence-electron chi connectivity index (χ2n) is 10.3. The topological polar surface area (TPSA) is 55.8 Å². The van der Waals surface area contributed by atoms with E-state index < -0.39 is 64.8 Å². The summed E-state index contributed by atoms with van der Waals surface area (Å²) >= 11 is 0. The molecule has 1 amide bonds. The highest BCUT2D eigenvalue weighted by Gasteiger charge is 2.55. The summed E-state index contributed by atoms with van der Waals surface area (Å²) in [5.74, 6) is -2.13. The van der Waals surface area contributed by atoms with Gasteiger partial charge in [-0.25, -0.2) is 4.39 Å². The van der Waals surface area contributed by atoms with Gasteiger partial charge >= 0.3 is 18.3 Å². The van der Waals surface area contributed by atoms with E-state index in [0.29, 0.717) is 17.7 Å². The standard InChI is InChI=1S/C27H26F7NO4/c1-14(16-8-17(26(29,30)31)10-18(9-16)27(32,33)34)39-21-13-35-20(23(21)15-4-6-19(28)7-5-15)11-25(2,12-22(35)36)24(37)38-3/h4-10,14,20-21,23H,11-13H2,1-3H3/t14-,20?,21+,23+,25?/m1/s1. The highest BCUT2D eigenvalue weighted by Crippen LogP contribution is 2.48. The molecule has 0 N–H and O–H groups in total. The Kier molecular flexibility index (Phi) is 7.48. The van der Waals surface area contributed by atoms with Gasteiger partial charge in [0.25, 0.3) is 0 Å². The van der Waals surface area contributed by atoms with E-state index in [1.54, 1.807) is 6.92 Å². The van der Waals surface area contributed by atoms with Crippen molar-refractivity contribution in [3.63, 3.8) is 0 Å². The SMILES string of the molecule is COC(=O)C1(C)CC(=O)N2C[C@H](O[C@H](C)c3cc(C(F)(F)F)cc(C(F)(F)F)c3)[C@@H](c3ccc(F)cc3)C2C1. The number of esters is 1. The maximum atomic E-state index is 13.7. The molecule has 2 saturated heterocycles. The van der Waals surface area contributed by atoms with Crippen molar-refractivity contribution in [1.82, 2.24) is 4.90 Å². The van der Waals surface area contributed by atoms with E-state index in [0.717, 1.165) is 0 Å². The van der Waals surface area contributed by atoms with Crippen LogP contribution in [0.25, 0.3) is 0 Å². The average Bonchev–Trinajstić information content (AvgIpc) is 3.20. The number of halogens is 7. The minimum absolute atomic E-state index is 0.0156. The number of methoxy groups -OCH3 is 1. The van der Waals surface area contributed by atoms with E-state index in [2.05, 4.69) is 0 Å². The molecule has 212 valence electrons. The minimum Gasteiger partial charge on any atom is -0.469 e. The molecule has 12 heteroatoms. The van der Waals surface area contributed by atoms with Gasteiger partial charge in [0.1, 0.15) is 5.82 Å². The van der Waals surface area contributed by atoms with Gasteiger partial charge in [0.2, 0.25) is 5.91 Å². The molecule has 4 rings (SSSR count). The van der Waals surface area contributed by atoms with Crippen LogP contribution in [0.15, 0.2) is 42.5 Å².